The number of piperidine rings is 1. The predicted molar refractivity (Wildman–Crippen MR) is 116 cm³/mol. The van der Waals surface area contributed by atoms with Gasteiger partial charge in [0.2, 0.25) is 0 Å². The average Bonchev–Trinajstić information content (AvgIpc) is 3.34. The summed E-state index contributed by atoms with van der Waals surface area (Å²) in [5.74, 6) is -3.67. The van der Waals surface area contributed by atoms with Crippen molar-refractivity contribution in [2.24, 2.45) is 5.73 Å². The van der Waals surface area contributed by atoms with Gasteiger partial charge in [-0.05, 0) is 31.0 Å². The van der Waals surface area contributed by atoms with Crippen LogP contribution >= 0.6 is 0 Å². The lowest BCUT2D eigenvalue weighted by molar-refractivity contribution is -0.192. The van der Waals surface area contributed by atoms with Crippen LogP contribution in [-0.4, -0.2) is 65.9 Å². The van der Waals surface area contributed by atoms with E-state index in [0.717, 1.165) is 17.5 Å². The third-order valence-corrected chi connectivity index (χ3v) is 5.17. The van der Waals surface area contributed by atoms with Gasteiger partial charge in [0.1, 0.15) is 17.2 Å². The van der Waals surface area contributed by atoms with Gasteiger partial charge >= 0.3 is 12.1 Å². The third kappa shape index (κ3) is 6.29. The van der Waals surface area contributed by atoms with Gasteiger partial charge in [-0.15, -0.1) is 5.10 Å². The molecule has 15 heteroatoms. The van der Waals surface area contributed by atoms with Gasteiger partial charge in [0.15, 0.2) is 0 Å². The lowest BCUT2D eigenvalue weighted by Crippen LogP contribution is -2.41. The van der Waals surface area contributed by atoms with E-state index in [4.69, 9.17) is 15.6 Å². The highest BCUT2D eigenvalue weighted by Gasteiger charge is 2.38. The van der Waals surface area contributed by atoms with Crippen LogP contribution in [0.1, 0.15) is 35.1 Å². The van der Waals surface area contributed by atoms with Gasteiger partial charge in [0, 0.05) is 25.7 Å². The number of halogens is 4. The van der Waals surface area contributed by atoms with Crippen LogP contribution < -0.4 is 11.3 Å². The van der Waals surface area contributed by atoms with Crippen LogP contribution in [0.25, 0.3) is 5.69 Å². The zero-order valence-corrected chi connectivity index (χ0v) is 18.6. The zero-order valence-electron chi connectivity index (χ0n) is 18.6. The maximum absolute atomic E-state index is 14.1. The molecule has 0 spiro atoms. The average molecular weight is 511 g/mol. The van der Waals surface area contributed by atoms with Crippen molar-refractivity contribution < 1.29 is 32.3 Å². The number of aliphatic carboxylic acids is 1. The summed E-state index contributed by atoms with van der Waals surface area (Å²) in [6, 6.07) is 8.37. The number of nitrogens with two attached hydrogens (primary N) is 1. The van der Waals surface area contributed by atoms with Crippen LogP contribution in [0.2, 0.25) is 0 Å². The predicted octanol–water partition coefficient (Wildman–Crippen LogP) is 1.53. The molecule has 3 N–H and O–H groups in total. The quantitative estimate of drug-likeness (QED) is 0.501. The summed E-state index contributed by atoms with van der Waals surface area (Å²) in [5.41, 5.74) is 5.84. The topological polar surface area (TPSA) is 149 Å². The minimum atomic E-state index is -5.08. The number of nitrogens with zero attached hydrogens (tertiary/aromatic N) is 6. The Morgan fingerprint density at radius 2 is 1.86 bits per heavy atom. The molecule has 3 heterocycles. The van der Waals surface area contributed by atoms with E-state index in [1.54, 1.807) is 21.8 Å². The Kier molecular flexibility index (Phi) is 8.14. The van der Waals surface area contributed by atoms with Gasteiger partial charge in [0.05, 0.1) is 17.9 Å². The number of carbonyl (C=O) groups excluding carboxylic acids is 1. The smallest absolute Gasteiger partial charge is 0.475 e. The van der Waals surface area contributed by atoms with E-state index in [1.165, 1.54) is 30.3 Å². The molecule has 36 heavy (non-hydrogen) atoms. The van der Waals surface area contributed by atoms with Crippen molar-refractivity contribution in [3.63, 3.8) is 0 Å². The minimum absolute atomic E-state index is 0.000556. The number of hydrogen-bond acceptors (Lipinski definition) is 7. The fraction of sp³-hybridized carbons (Fsp3) is 0.333. The van der Waals surface area contributed by atoms with E-state index >= 15 is 0 Å². The molecule has 1 fully saturated rings. The molecule has 0 bridgehead atoms. The van der Waals surface area contributed by atoms with Crippen molar-refractivity contribution in [3.8, 4) is 5.69 Å². The highest BCUT2D eigenvalue weighted by molar-refractivity contribution is 5.92. The molecule has 11 nitrogen and oxygen atoms in total. The molecule has 192 valence electrons. The normalized spacial score (nSPS) is 15.7. The summed E-state index contributed by atoms with van der Waals surface area (Å²) in [5, 5.41) is 19.3. The number of hydrogen-bond donors (Lipinski definition) is 2. The van der Waals surface area contributed by atoms with Crippen molar-refractivity contribution in [2.75, 3.05) is 13.1 Å². The first-order valence-electron chi connectivity index (χ1n) is 10.6. The summed E-state index contributed by atoms with van der Waals surface area (Å²) in [4.78, 5) is 35.7. The Bertz CT molecular complexity index is 1290. The van der Waals surface area contributed by atoms with E-state index in [9.17, 15) is 27.2 Å². The van der Waals surface area contributed by atoms with Crippen molar-refractivity contribution in [1.29, 1.82) is 0 Å². The summed E-state index contributed by atoms with van der Waals surface area (Å²) in [7, 11) is 0. The molecular formula is C21H21F4N7O4. The second kappa shape index (κ2) is 11.1. The van der Waals surface area contributed by atoms with E-state index in [2.05, 4.69) is 15.4 Å². The van der Waals surface area contributed by atoms with Crippen LogP contribution in [0.3, 0.4) is 0 Å². The van der Waals surface area contributed by atoms with Gasteiger partial charge in [-0.1, -0.05) is 17.3 Å². The molecule has 1 amide bonds. The lowest BCUT2D eigenvalue weighted by Gasteiger charge is -2.32. The van der Waals surface area contributed by atoms with Gasteiger partial charge in [0.25, 0.3) is 11.5 Å². The van der Waals surface area contributed by atoms with E-state index in [0.29, 0.717) is 25.3 Å². The monoisotopic (exact) mass is 511 g/mol. The Balaban J connectivity index is 0.000000454. The largest absolute Gasteiger partial charge is 0.490 e. The number of alkyl halides is 3. The second-order valence-corrected chi connectivity index (χ2v) is 7.66. The minimum Gasteiger partial charge on any atom is -0.475 e. The fourth-order valence-corrected chi connectivity index (χ4v) is 3.42. The number of amides is 1. The van der Waals surface area contributed by atoms with Gasteiger partial charge in [-0.3, -0.25) is 9.59 Å². The number of carboxylic acid groups (broad SMARTS) is 1. The number of para-hydroxylation sites is 1. The molecule has 3 aromatic rings. The Hall–Kier alpha value is -4.14. The SMILES string of the molecule is NCc1cn(C2CCCN(C(=O)c3ccc(=O)n(-c4ccccc4F)n3)C2)nn1.O=C(O)C(F)(F)F. The molecule has 1 unspecified atom stereocenters. The van der Waals surface area contributed by atoms with Gasteiger partial charge in [-0.25, -0.2) is 13.9 Å². The van der Waals surface area contributed by atoms with E-state index < -0.39 is 23.5 Å². The number of carboxylic acids is 1. The number of benzene rings is 1. The molecule has 0 aliphatic carbocycles. The summed E-state index contributed by atoms with van der Waals surface area (Å²) in [6.45, 7) is 1.30. The summed E-state index contributed by atoms with van der Waals surface area (Å²) < 4.78 is 48.5. The fourth-order valence-electron chi connectivity index (χ4n) is 3.42. The standard InChI is InChI=1S/C19H20FN7O2.C2HF3O2/c20-15-5-1-2-6-17(15)27-18(28)8-7-16(23-27)19(29)25-9-3-4-14(12-25)26-11-13(10-21)22-24-26;3-2(4,5)1(6)7/h1-2,5-8,11,14H,3-4,9-10,12,21H2;(H,6,7). The molecule has 4 rings (SSSR count). The maximum Gasteiger partial charge on any atom is 0.490 e. The summed E-state index contributed by atoms with van der Waals surface area (Å²) >= 11 is 0. The molecule has 1 aliphatic rings. The van der Waals surface area contributed by atoms with E-state index in [1.807, 2.05) is 0 Å². The van der Waals surface area contributed by atoms with Crippen molar-refractivity contribution in [3.05, 3.63) is 70.2 Å². The number of likely N-dealkylation sites (tertiary alicyclic amines) is 1. The number of aromatic nitrogens is 5. The van der Waals surface area contributed by atoms with E-state index in [-0.39, 0.29) is 23.3 Å². The first-order valence-corrected chi connectivity index (χ1v) is 10.6. The first-order chi connectivity index (χ1) is 17.0. The highest BCUT2D eigenvalue weighted by Crippen LogP contribution is 2.22. The third-order valence-electron chi connectivity index (χ3n) is 5.17. The van der Waals surface area contributed by atoms with Gasteiger partial charge in [-0.2, -0.15) is 23.0 Å². The molecule has 2 aromatic heterocycles. The molecule has 0 saturated carbocycles. The Morgan fingerprint density at radius 1 is 1.17 bits per heavy atom. The zero-order chi connectivity index (χ0) is 26.5. The molecule has 1 aliphatic heterocycles. The highest BCUT2D eigenvalue weighted by atomic mass is 19.4. The van der Waals surface area contributed by atoms with Crippen molar-refractivity contribution >= 4 is 11.9 Å². The second-order valence-electron chi connectivity index (χ2n) is 7.66. The van der Waals surface area contributed by atoms with Gasteiger partial charge < -0.3 is 15.7 Å². The number of rotatable bonds is 4. The first kappa shape index (κ1) is 26.5. The Morgan fingerprint density at radius 3 is 2.47 bits per heavy atom. The Labute approximate surface area is 200 Å². The van der Waals surface area contributed by atoms with Crippen molar-refractivity contribution in [1.82, 2.24) is 29.7 Å². The molecular weight excluding hydrogens is 490 g/mol. The van der Waals surface area contributed by atoms with Crippen molar-refractivity contribution in [2.45, 2.75) is 31.6 Å². The van der Waals surface area contributed by atoms with Crippen LogP contribution in [0.4, 0.5) is 17.6 Å². The maximum atomic E-state index is 14.1. The molecule has 0 radical (unpaired) electrons. The molecule has 1 saturated heterocycles. The van der Waals surface area contributed by atoms with Crippen LogP contribution in [0.15, 0.2) is 47.4 Å². The van der Waals surface area contributed by atoms with Crippen LogP contribution in [0.5, 0.6) is 0 Å². The summed E-state index contributed by atoms with van der Waals surface area (Å²) in [6.07, 6.45) is -1.64. The molecule has 1 aromatic carbocycles. The van der Waals surface area contributed by atoms with Crippen LogP contribution in [0, 0.1) is 5.82 Å². The molecule has 1 atom stereocenters. The lowest BCUT2D eigenvalue weighted by atomic mass is 10.1. The number of carbonyl (C=O) groups is 2. The van der Waals surface area contributed by atoms with Crippen LogP contribution in [-0.2, 0) is 11.3 Å².